The van der Waals surface area contributed by atoms with E-state index in [-0.39, 0.29) is 12.1 Å². The molecule has 1 aromatic carbocycles. The van der Waals surface area contributed by atoms with E-state index in [1.165, 1.54) is 12.2 Å². The minimum absolute atomic E-state index is 0.168. The van der Waals surface area contributed by atoms with Crippen molar-refractivity contribution in [3.8, 4) is 0 Å². The molecule has 16 heavy (non-hydrogen) atoms. The van der Waals surface area contributed by atoms with Crippen LogP contribution in [0.2, 0.25) is 0 Å². The average molecular weight is 227 g/mol. The average Bonchev–Trinajstić information content (AvgIpc) is 2.24. The highest BCUT2D eigenvalue weighted by Gasteiger charge is 2.07. The highest BCUT2D eigenvalue weighted by Crippen LogP contribution is 2.15. The van der Waals surface area contributed by atoms with Gasteiger partial charge in [0.25, 0.3) is 0 Å². The molecular formula is C10H8F3N3. The van der Waals surface area contributed by atoms with Crippen molar-refractivity contribution in [1.82, 2.24) is 0 Å². The zero-order chi connectivity index (χ0) is 12.0. The lowest BCUT2D eigenvalue weighted by Crippen LogP contribution is -1.91. The van der Waals surface area contributed by atoms with Gasteiger partial charge in [-0.1, -0.05) is 17.3 Å². The van der Waals surface area contributed by atoms with E-state index in [0.717, 1.165) is 6.07 Å². The molecule has 1 aromatic rings. The maximum absolute atomic E-state index is 13.1. The molecule has 0 saturated carbocycles. The minimum Gasteiger partial charge on any atom is -0.207 e. The van der Waals surface area contributed by atoms with Crippen LogP contribution in [0.3, 0.4) is 0 Å². The normalized spacial score (nSPS) is 10.4. The van der Waals surface area contributed by atoms with Gasteiger partial charge in [0.05, 0.1) is 0 Å². The molecule has 0 bridgehead atoms. The van der Waals surface area contributed by atoms with Gasteiger partial charge < -0.3 is 0 Å². The summed E-state index contributed by atoms with van der Waals surface area (Å²) in [4.78, 5) is 2.52. The van der Waals surface area contributed by atoms with Crippen LogP contribution < -0.4 is 0 Å². The summed E-state index contributed by atoms with van der Waals surface area (Å²) in [7, 11) is 0. The van der Waals surface area contributed by atoms with Crippen molar-refractivity contribution in [3.05, 3.63) is 51.7 Å². The quantitative estimate of drug-likeness (QED) is 0.247. The number of halogens is 3. The van der Waals surface area contributed by atoms with Gasteiger partial charge in [0.2, 0.25) is 0 Å². The zero-order valence-corrected chi connectivity index (χ0v) is 8.20. The van der Waals surface area contributed by atoms with Crippen LogP contribution in [0.15, 0.2) is 23.3 Å². The van der Waals surface area contributed by atoms with Crippen LogP contribution in [0.4, 0.5) is 13.2 Å². The molecule has 0 atom stereocenters. The lowest BCUT2D eigenvalue weighted by Gasteiger charge is -1.98. The molecule has 0 aliphatic rings. The highest BCUT2D eigenvalue weighted by atomic mass is 19.2. The summed E-state index contributed by atoms with van der Waals surface area (Å²) in [6, 6.07) is 1.37. The number of azide groups is 1. The molecule has 0 aliphatic heterocycles. The van der Waals surface area contributed by atoms with E-state index in [1.54, 1.807) is 0 Å². The van der Waals surface area contributed by atoms with Crippen molar-refractivity contribution in [2.45, 2.75) is 6.42 Å². The Morgan fingerprint density at radius 2 is 2.06 bits per heavy atom. The number of nitrogens with zero attached hydrogens (tertiary/aromatic N) is 3. The van der Waals surface area contributed by atoms with E-state index in [0.29, 0.717) is 12.5 Å². The van der Waals surface area contributed by atoms with Gasteiger partial charge in [-0.3, -0.25) is 0 Å². The summed E-state index contributed by atoms with van der Waals surface area (Å²) >= 11 is 0. The van der Waals surface area contributed by atoms with E-state index < -0.39 is 17.5 Å². The van der Waals surface area contributed by atoms with Gasteiger partial charge in [-0.2, -0.15) is 0 Å². The van der Waals surface area contributed by atoms with Crippen LogP contribution in [0.25, 0.3) is 16.5 Å². The second kappa shape index (κ2) is 5.82. The summed E-state index contributed by atoms with van der Waals surface area (Å²) in [5.74, 6) is -3.16. The van der Waals surface area contributed by atoms with Gasteiger partial charge in [-0.15, -0.1) is 0 Å². The van der Waals surface area contributed by atoms with Crippen LogP contribution >= 0.6 is 0 Å². The van der Waals surface area contributed by atoms with E-state index in [1.807, 2.05) is 0 Å². The first kappa shape index (κ1) is 12.1. The number of rotatable bonds is 4. The summed E-state index contributed by atoms with van der Waals surface area (Å²) in [6.45, 7) is 0.215. The lowest BCUT2D eigenvalue weighted by molar-refractivity contribution is 0.493. The Bertz CT molecular complexity index is 451. The summed E-state index contributed by atoms with van der Waals surface area (Å²) < 4.78 is 38.6. The molecule has 3 nitrogen and oxygen atoms in total. The SMILES string of the molecule is [N-]=[N+]=NCCC=Cc1cc(F)cc(F)c1F. The van der Waals surface area contributed by atoms with Gasteiger partial charge in [0, 0.05) is 23.1 Å². The summed E-state index contributed by atoms with van der Waals surface area (Å²) in [5.41, 5.74) is 7.81. The Morgan fingerprint density at radius 1 is 1.31 bits per heavy atom. The van der Waals surface area contributed by atoms with Crippen molar-refractivity contribution in [2.75, 3.05) is 6.54 Å². The molecular weight excluding hydrogens is 219 g/mol. The fraction of sp³-hybridized carbons (Fsp3) is 0.200. The summed E-state index contributed by atoms with van der Waals surface area (Å²) in [5, 5.41) is 3.25. The van der Waals surface area contributed by atoms with Gasteiger partial charge in [0.1, 0.15) is 5.82 Å². The number of benzene rings is 1. The third-order valence-corrected chi connectivity index (χ3v) is 1.78. The Morgan fingerprint density at radius 3 is 2.75 bits per heavy atom. The smallest absolute Gasteiger partial charge is 0.166 e. The topological polar surface area (TPSA) is 48.8 Å². The van der Waals surface area contributed by atoms with Crippen molar-refractivity contribution < 1.29 is 13.2 Å². The molecule has 0 fully saturated rings. The summed E-state index contributed by atoms with van der Waals surface area (Å²) in [6.07, 6.45) is 3.10. The predicted octanol–water partition coefficient (Wildman–Crippen LogP) is 3.82. The van der Waals surface area contributed by atoms with E-state index in [9.17, 15) is 13.2 Å². The van der Waals surface area contributed by atoms with E-state index in [2.05, 4.69) is 10.0 Å². The third kappa shape index (κ3) is 3.33. The molecule has 0 aromatic heterocycles. The molecule has 0 N–H and O–H groups in total. The maximum atomic E-state index is 13.1. The van der Waals surface area contributed by atoms with Crippen molar-refractivity contribution in [1.29, 1.82) is 0 Å². The molecule has 0 radical (unpaired) electrons. The van der Waals surface area contributed by atoms with E-state index >= 15 is 0 Å². The van der Waals surface area contributed by atoms with Crippen LogP contribution in [0, 0.1) is 17.5 Å². The molecule has 0 amide bonds. The monoisotopic (exact) mass is 227 g/mol. The molecule has 84 valence electrons. The van der Waals surface area contributed by atoms with Crippen LogP contribution in [-0.2, 0) is 0 Å². The largest absolute Gasteiger partial charge is 0.207 e. The van der Waals surface area contributed by atoms with Crippen LogP contribution in [0.1, 0.15) is 12.0 Å². The minimum atomic E-state index is -1.23. The van der Waals surface area contributed by atoms with Gasteiger partial charge in [0.15, 0.2) is 11.6 Å². The second-order valence-corrected chi connectivity index (χ2v) is 2.94. The third-order valence-electron chi connectivity index (χ3n) is 1.78. The molecule has 0 aliphatic carbocycles. The molecule has 0 saturated heterocycles. The molecule has 1 rings (SSSR count). The second-order valence-electron chi connectivity index (χ2n) is 2.94. The Labute approximate surface area is 89.8 Å². The van der Waals surface area contributed by atoms with E-state index in [4.69, 9.17) is 5.53 Å². The van der Waals surface area contributed by atoms with Crippen molar-refractivity contribution in [2.24, 2.45) is 5.11 Å². The number of hydrogen-bond donors (Lipinski definition) is 0. The first-order chi connectivity index (χ1) is 7.65. The Hall–Kier alpha value is -1.94. The number of hydrogen-bond acceptors (Lipinski definition) is 1. The standard InChI is InChI=1S/C10H8F3N3/c11-8-5-7(10(13)9(12)6-8)3-1-2-4-15-16-14/h1,3,5-6H,2,4H2. The molecule has 6 heteroatoms. The van der Waals surface area contributed by atoms with Crippen molar-refractivity contribution in [3.63, 3.8) is 0 Å². The van der Waals surface area contributed by atoms with Gasteiger partial charge in [-0.25, -0.2) is 13.2 Å². The van der Waals surface area contributed by atoms with Gasteiger partial charge in [-0.05, 0) is 18.0 Å². The van der Waals surface area contributed by atoms with Gasteiger partial charge >= 0.3 is 0 Å². The maximum Gasteiger partial charge on any atom is 0.166 e. The molecule has 0 spiro atoms. The first-order valence-electron chi connectivity index (χ1n) is 4.47. The fourth-order valence-electron chi connectivity index (χ4n) is 1.08. The Kier molecular flexibility index (Phi) is 4.42. The van der Waals surface area contributed by atoms with Crippen LogP contribution in [-0.4, -0.2) is 6.54 Å². The van der Waals surface area contributed by atoms with Crippen LogP contribution in [0.5, 0.6) is 0 Å². The lowest BCUT2D eigenvalue weighted by atomic mass is 10.1. The molecule has 0 unspecified atom stereocenters. The Balaban J connectivity index is 2.76. The first-order valence-corrected chi connectivity index (χ1v) is 4.47. The van der Waals surface area contributed by atoms with Crippen molar-refractivity contribution >= 4 is 6.08 Å². The molecule has 0 heterocycles. The fourth-order valence-corrected chi connectivity index (χ4v) is 1.08. The zero-order valence-electron chi connectivity index (χ0n) is 8.20. The highest BCUT2D eigenvalue weighted by molar-refractivity contribution is 5.50. The predicted molar refractivity (Wildman–Crippen MR) is 54.0 cm³/mol.